The average Bonchev–Trinajstić information content (AvgIpc) is 2.24. The predicted octanol–water partition coefficient (Wildman–Crippen LogP) is 0.405. The fourth-order valence-electron chi connectivity index (χ4n) is 1.86. The van der Waals surface area contributed by atoms with Crippen LogP contribution in [0.5, 0.6) is 0 Å². The summed E-state index contributed by atoms with van der Waals surface area (Å²) in [5.74, 6) is -1.46. The number of aryl methyl sites for hydroxylation is 1. The summed E-state index contributed by atoms with van der Waals surface area (Å²) in [6.45, 7) is 2.93. The van der Waals surface area contributed by atoms with Crippen LogP contribution >= 0.6 is 0 Å². The zero-order valence-corrected chi connectivity index (χ0v) is 13.5. The van der Waals surface area contributed by atoms with E-state index < -0.39 is 31.9 Å². The highest BCUT2D eigenvalue weighted by Crippen LogP contribution is 2.16. The fraction of sp³-hybridized carbons (Fsp3) is 0.417. The van der Waals surface area contributed by atoms with Gasteiger partial charge in [-0.3, -0.25) is 0 Å². The summed E-state index contributed by atoms with van der Waals surface area (Å²) in [6.07, 6.45) is 1.02. The van der Waals surface area contributed by atoms with E-state index in [0.717, 1.165) is 6.26 Å². The number of hydrogen-bond acceptors (Lipinski definition) is 5. The van der Waals surface area contributed by atoms with E-state index in [-0.39, 0.29) is 16.2 Å². The van der Waals surface area contributed by atoms with Gasteiger partial charge in [0.2, 0.25) is 10.0 Å². The smallest absolute Gasteiger partial charge is 0.335 e. The highest BCUT2D eigenvalue weighted by Gasteiger charge is 2.21. The molecule has 0 radical (unpaired) electrons. The molecule has 1 aromatic rings. The van der Waals surface area contributed by atoms with Crippen molar-refractivity contribution in [1.82, 2.24) is 4.72 Å². The molecule has 0 bridgehead atoms. The summed E-state index contributed by atoms with van der Waals surface area (Å²) in [7, 11) is -7.21. The van der Waals surface area contributed by atoms with Crippen molar-refractivity contribution >= 4 is 25.8 Å². The van der Waals surface area contributed by atoms with Gasteiger partial charge in [-0.25, -0.2) is 26.4 Å². The average molecular weight is 335 g/mol. The number of aromatic carboxylic acids is 1. The molecule has 2 N–H and O–H groups in total. The molecule has 0 spiro atoms. The molecule has 0 saturated heterocycles. The Kier molecular flexibility index (Phi) is 5.13. The quantitative estimate of drug-likeness (QED) is 0.777. The third-order valence-corrected chi connectivity index (χ3v) is 5.34. The van der Waals surface area contributed by atoms with E-state index in [1.807, 2.05) is 0 Å². The van der Waals surface area contributed by atoms with Crippen molar-refractivity contribution in [3.8, 4) is 0 Å². The molecule has 0 amide bonds. The Balaban J connectivity index is 3.04. The molecule has 1 aromatic carbocycles. The monoisotopic (exact) mass is 335 g/mol. The first-order chi connectivity index (χ1) is 9.42. The van der Waals surface area contributed by atoms with Crippen LogP contribution in [0.3, 0.4) is 0 Å². The van der Waals surface area contributed by atoms with Gasteiger partial charge >= 0.3 is 5.97 Å². The molecular formula is C12H17NO6S2. The fourth-order valence-corrected chi connectivity index (χ4v) is 4.29. The molecule has 0 fully saturated rings. The van der Waals surface area contributed by atoms with Gasteiger partial charge in [0, 0.05) is 12.3 Å². The summed E-state index contributed by atoms with van der Waals surface area (Å²) in [5, 5.41) is 8.90. The van der Waals surface area contributed by atoms with Crippen molar-refractivity contribution in [3.63, 3.8) is 0 Å². The zero-order valence-electron chi connectivity index (χ0n) is 11.8. The number of nitrogens with one attached hydrogen (secondary N) is 1. The van der Waals surface area contributed by atoms with Crippen LogP contribution in [-0.2, 0) is 19.9 Å². The van der Waals surface area contributed by atoms with Crippen LogP contribution in [0.25, 0.3) is 0 Å². The highest BCUT2D eigenvalue weighted by atomic mass is 32.2. The van der Waals surface area contributed by atoms with E-state index in [1.54, 1.807) is 0 Å². The van der Waals surface area contributed by atoms with E-state index >= 15 is 0 Å². The molecule has 1 atom stereocenters. The van der Waals surface area contributed by atoms with Crippen molar-refractivity contribution in [2.75, 3.05) is 12.0 Å². The highest BCUT2D eigenvalue weighted by molar-refractivity contribution is 7.91. The Morgan fingerprint density at radius 3 is 2.29 bits per heavy atom. The number of carbonyl (C=O) groups is 1. The molecule has 9 heteroatoms. The molecule has 1 unspecified atom stereocenters. The van der Waals surface area contributed by atoms with Crippen LogP contribution < -0.4 is 4.72 Å². The molecule has 0 aliphatic rings. The van der Waals surface area contributed by atoms with Crippen molar-refractivity contribution in [1.29, 1.82) is 0 Å². The standard InChI is InChI=1S/C12H17NO6S2/c1-8-6-10(4-5-11(8)12(14)15)21(18,19)13-9(2)7-20(3,16)17/h4-6,9,13H,7H2,1-3H3,(H,14,15). The summed E-state index contributed by atoms with van der Waals surface area (Å²) in [6, 6.07) is 2.82. The number of sulfonamides is 1. The molecule has 7 nitrogen and oxygen atoms in total. The second-order valence-electron chi connectivity index (χ2n) is 4.90. The molecular weight excluding hydrogens is 318 g/mol. The first kappa shape index (κ1) is 17.6. The molecule has 0 heterocycles. The first-order valence-corrected chi connectivity index (χ1v) is 9.51. The van der Waals surface area contributed by atoms with Gasteiger partial charge < -0.3 is 5.11 Å². The lowest BCUT2D eigenvalue weighted by molar-refractivity contribution is 0.0696. The van der Waals surface area contributed by atoms with E-state index in [4.69, 9.17) is 5.11 Å². The van der Waals surface area contributed by atoms with Crippen LogP contribution in [0, 0.1) is 6.92 Å². The van der Waals surface area contributed by atoms with Crippen molar-refractivity contribution < 1.29 is 26.7 Å². The second kappa shape index (κ2) is 6.12. The van der Waals surface area contributed by atoms with Crippen molar-refractivity contribution in [3.05, 3.63) is 29.3 Å². The number of benzene rings is 1. The van der Waals surface area contributed by atoms with E-state index in [1.165, 1.54) is 32.0 Å². The topological polar surface area (TPSA) is 118 Å². The summed E-state index contributed by atoms with van der Waals surface area (Å²) in [4.78, 5) is 10.8. The Morgan fingerprint density at radius 1 is 1.29 bits per heavy atom. The summed E-state index contributed by atoms with van der Waals surface area (Å²) in [5.41, 5.74) is 0.319. The number of carboxylic acids is 1. The van der Waals surface area contributed by atoms with Gasteiger partial charge in [0.1, 0.15) is 9.84 Å². The van der Waals surface area contributed by atoms with E-state index in [0.29, 0.717) is 5.56 Å². The van der Waals surface area contributed by atoms with Gasteiger partial charge in [-0.05, 0) is 37.6 Å². The van der Waals surface area contributed by atoms with Gasteiger partial charge in [-0.2, -0.15) is 0 Å². The molecule has 118 valence electrons. The molecule has 0 saturated carbocycles. The van der Waals surface area contributed by atoms with Gasteiger partial charge in [0.05, 0.1) is 16.2 Å². The Bertz CT molecular complexity index is 752. The minimum atomic E-state index is -3.90. The lowest BCUT2D eigenvalue weighted by Gasteiger charge is -2.14. The maximum atomic E-state index is 12.1. The molecule has 0 aromatic heterocycles. The lowest BCUT2D eigenvalue weighted by atomic mass is 10.1. The SMILES string of the molecule is Cc1cc(S(=O)(=O)NC(C)CS(C)(=O)=O)ccc1C(=O)O. The first-order valence-electron chi connectivity index (χ1n) is 5.96. The number of hydrogen-bond donors (Lipinski definition) is 2. The van der Waals surface area contributed by atoms with Crippen LogP contribution in [0.2, 0.25) is 0 Å². The number of rotatable bonds is 6. The Labute approximate surface area is 124 Å². The second-order valence-corrected chi connectivity index (χ2v) is 8.80. The minimum absolute atomic E-state index is 0.0122. The van der Waals surface area contributed by atoms with E-state index in [2.05, 4.69) is 4.72 Å². The van der Waals surface area contributed by atoms with Gasteiger partial charge in [0.25, 0.3) is 0 Å². The lowest BCUT2D eigenvalue weighted by Crippen LogP contribution is -2.37. The van der Waals surface area contributed by atoms with Crippen LogP contribution in [0.15, 0.2) is 23.1 Å². The number of carboxylic acid groups (broad SMARTS) is 1. The third kappa shape index (κ3) is 5.10. The van der Waals surface area contributed by atoms with Gasteiger partial charge in [-0.1, -0.05) is 0 Å². The van der Waals surface area contributed by atoms with Crippen molar-refractivity contribution in [2.24, 2.45) is 0 Å². The minimum Gasteiger partial charge on any atom is -0.478 e. The van der Waals surface area contributed by atoms with Gasteiger partial charge in [-0.15, -0.1) is 0 Å². The maximum Gasteiger partial charge on any atom is 0.335 e. The normalized spacial score (nSPS) is 13.9. The third-order valence-electron chi connectivity index (χ3n) is 2.65. The Morgan fingerprint density at radius 2 is 1.86 bits per heavy atom. The summed E-state index contributed by atoms with van der Waals surface area (Å²) >= 11 is 0. The summed E-state index contributed by atoms with van der Waals surface area (Å²) < 4.78 is 48.7. The molecule has 1 rings (SSSR count). The number of sulfone groups is 1. The van der Waals surface area contributed by atoms with E-state index in [9.17, 15) is 21.6 Å². The van der Waals surface area contributed by atoms with Crippen molar-refractivity contribution in [2.45, 2.75) is 24.8 Å². The molecule has 0 aliphatic heterocycles. The Hall–Kier alpha value is -1.45. The molecule has 0 aliphatic carbocycles. The van der Waals surface area contributed by atoms with Crippen LogP contribution in [0.4, 0.5) is 0 Å². The van der Waals surface area contributed by atoms with Crippen LogP contribution in [0.1, 0.15) is 22.8 Å². The zero-order chi connectivity index (χ0) is 16.4. The molecule has 21 heavy (non-hydrogen) atoms. The van der Waals surface area contributed by atoms with Gasteiger partial charge in [0.15, 0.2) is 0 Å². The largest absolute Gasteiger partial charge is 0.478 e. The predicted molar refractivity (Wildman–Crippen MR) is 77.6 cm³/mol. The maximum absolute atomic E-state index is 12.1. The van der Waals surface area contributed by atoms with Crippen LogP contribution in [-0.4, -0.2) is 46.0 Å².